The van der Waals surface area contributed by atoms with Crippen molar-refractivity contribution in [1.29, 1.82) is 0 Å². The summed E-state index contributed by atoms with van der Waals surface area (Å²) >= 11 is 0. The predicted molar refractivity (Wildman–Crippen MR) is 145 cm³/mol. The number of hydrogen-bond donors (Lipinski definition) is 2. The van der Waals surface area contributed by atoms with E-state index < -0.39 is 0 Å². The quantitative estimate of drug-likeness (QED) is 0.538. The monoisotopic (exact) mass is 492 g/mol. The van der Waals surface area contributed by atoms with Gasteiger partial charge in [0.05, 0.1) is 37.1 Å². The fourth-order valence-electron chi connectivity index (χ4n) is 4.74. The maximum atomic E-state index is 13.4. The van der Waals surface area contributed by atoms with Crippen molar-refractivity contribution in [2.75, 3.05) is 30.0 Å². The van der Waals surface area contributed by atoms with Gasteiger partial charge in [-0.2, -0.15) is 0 Å². The van der Waals surface area contributed by atoms with Gasteiger partial charge < -0.3 is 25.2 Å². The van der Waals surface area contributed by atoms with Crippen molar-refractivity contribution in [2.24, 2.45) is 5.92 Å². The van der Waals surface area contributed by atoms with E-state index in [-0.39, 0.29) is 36.5 Å². The topological polar surface area (TPSA) is 73.9 Å². The number of fused-ring (bicyclic) bond motifs is 1. The summed E-state index contributed by atoms with van der Waals surface area (Å²) in [7, 11) is 1.64. The summed E-state index contributed by atoms with van der Waals surface area (Å²) in [5.41, 5.74) is 3.42. The molecule has 0 bridgehead atoms. The van der Waals surface area contributed by atoms with Gasteiger partial charge in [0.15, 0.2) is 0 Å². The van der Waals surface area contributed by atoms with Gasteiger partial charge >= 0.3 is 0 Å². The Labute approximate surface area is 215 Å². The summed E-state index contributed by atoms with van der Waals surface area (Å²) in [6.07, 6.45) is 2.35. The Bertz CT molecular complexity index is 1080. The van der Waals surface area contributed by atoms with Gasteiger partial charge in [-0.25, -0.2) is 0 Å². The molecule has 2 unspecified atom stereocenters. The van der Waals surface area contributed by atoms with Crippen LogP contribution in [0.15, 0.2) is 42.5 Å². The number of carbonyl (C=O) groups excluding carboxylic acids is 2. The van der Waals surface area contributed by atoms with E-state index in [1.54, 1.807) is 7.11 Å². The van der Waals surface area contributed by atoms with Crippen molar-refractivity contribution in [1.82, 2.24) is 10.6 Å². The lowest BCUT2D eigenvalue weighted by atomic mass is 10.0. The summed E-state index contributed by atoms with van der Waals surface area (Å²) in [6.45, 7) is 11.5. The molecule has 4 rings (SSSR count). The van der Waals surface area contributed by atoms with E-state index in [0.29, 0.717) is 17.5 Å². The molecule has 36 heavy (non-hydrogen) atoms. The number of ether oxygens (including phenoxy) is 1. The van der Waals surface area contributed by atoms with Gasteiger partial charge in [0.25, 0.3) is 5.91 Å². The highest BCUT2D eigenvalue weighted by Gasteiger charge is 2.39. The Hall–Kier alpha value is -3.06. The molecule has 0 spiro atoms. The zero-order chi connectivity index (χ0) is 26.0. The predicted octanol–water partition coefficient (Wildman–Crippen LogP) is 4.52. The lowest BCUT2D eigenvalue weighted by molar-refractivity contribution is -0.118. The van der Waals surface area contributed by atoms with E-state index in [0.717, 1.165) is 29.2 Å². The normalized spacial score (nSPS) is 19.0. The summed E-state index contributed by atoms with van der Waals surface area (Å²) in [5, 5.41) is 6.48. The van der Waals surface area contributed by atoms with Crippen LogP contribution in [0.25, 0.3) is 0 Å². The number of nitrogens with zero attached hydrogens (tertiary/aromatic N) is 2. The van der Waals surface area contributed by atoms with Crippen LogP contribution >= 0.6 is 0 Å². The van der Waals surface area contributed by atoms with Crippen LogP contribution in [0.5, 0.6) is 5.75 Å². The van der Waals surface area contributed by atoms with Crippen molar-refractivity contribution in [3.8, 4) is 5.75 Å². The molecule has 0 aromatic heterocycles. The largest absolute Gasteiger partial charge is 0.497 e. The molecule has 1 aliphatic carbocycles. The summed E-state index contributed by atoms with van der Waals surface area (Å²) in [5.74, 6) is 1.10. The van der Waals surface area contributed by atoms with Crippen molar-refractivity contribution in [3.05, 3.63) is 53.6 Å². The van der Waals surface area contributed by atoms with Crippen molar-refractivity contribution >= 4 is 23.2 Å². The second-order valence-corrected chi connectivity index (χ2v) is 10.6. The number of benzene rings is 2. The summed E-state index contributed by atoms with van der Waals surface area (Å²) in [6, 6.07) is 14.1. The third-order valence-corrected chi connectivity index (χ3v) is 7.50. The minimum Gasteiger partial charge on any atom is -0.497 e. The lowest BCUT2D eigenvalue weighted by Crippen LogP contribution is -2.53. The van der Waals surface area contributed by atoms with Gasteiger partial charge in [0.1, 0.15) is 5.75 Å². The van der Waals surface area contributed by atoms with Gasteiger partial charge in [-0.05, 0) is 75.4 Å². The first-order chi connectivity index (χ1) is 17.2. The average Bonchev–Trinajstić information content (AvgIpc) is 3.71. The molecule has 2 N–H and O–H groups in total. The number of amides is 2. The highest BCUT2D eigenvalue weighted by atomic mass is 16.5. The molecular formula is C29H40N4O3. The van der Waals surface area contributed by atoms with Crippen LogP contribution in [0, 0.1) is 5.92 Å². The smallest absolute Gasteiger partial charge is 0.251 e. The number of carbonyl (C=O) groups is 2. The van der Waals surface area contributed by atoms with Crippen LogP contribution in [0.3, 0.4) is 0 Å². The molecule has 2 amide bonds. The van der Waals surface area contributed by atoms with Crippen LogP contribution in [0.1, 0.15) is 69.4 Å². The second-order valence-electron chi connectivity index (χ2n) is 10.6. The molecule has 2 aromatic carbocycles. The van der Waals surface area contributed by atoms with E-state index in [9.17, 15) is 9.59 Å². The second kappa shape index (κ2) is 10.9. The van der Waals surface area contributed by atoms with Crippen LogP contribution in [0.2, 0.25) is 0 Å². The Morgan fingerprint density at radius 1 is 1.03 bits per heavy atom. The maximum absolute atomic E-state index is 13.4. The minimum atomic E-state index is -0.166. The third-order valence-electron chi connectivity index (χ3n) is 7.50. The molecule has 7 nitrogen and oxygen atoms in total. The number of hydrogen-bond acceptors (Lipinski definition) is 5. The zero-order valence-corrected chi connectivity index (χ0v) is 22.4. The summed E-state index contributed by atoms with van der Waals surface area (Å²) < 4.78 is 5.23. The Morgan fingerprint density at radius 3 is 2.33 bits per heavy atom. The lowest BCUT2D eigenvalue weighted by Gasteiger charge is -2.43. The zero-order valence-electron chi connectivity index (χ0n) is 22.4. The van der Waals surface area contributed by atoms with Gasteiger partial charge in [-0.15, -0.1) is 0 Å². The standard InChI is InChI=1S/C29H40N4O3/c1-18(2)20(4)30-16-28(34)33-19(3)17-32(24-10-11-24)26-14-9-23(15-27(26)33)29(35)31-21(5)22-7-12-25(36-6)13-8-22/h7-9,12-15,18-21,24,30H,10-11,16-17H2,1-6H3,(H,31,35)/t19?,20-,21?/m0/s1. The SMILES string of the molecule is COc1ccc(C(C)NC(=O)c2ccc3c(c2)N(C(=O)CN[C@@H](C)C(C)C)C(C)CN3C2CC2)cc1. The molecule has 0 radical (unpaired) electrons. The van der Waals surface area contributed by atoms with E-state index >= 15 is 0 Å². The first-order valence-electron chi connectivity index (χ1n) is 13.1. The molecule has 1 heterocycles. The Kier molecular flexibility index (Phi) is 7.88. The minimum absolute atomic E-state index is 0.0262. The average molecular weight is 493 g/mol. The number of rotatable bonds is 9. The van der Waals surface area contributed by atoms with Gasteiger partial charge in [0, 0.05) is 24.2 Å². The van der Waals surface area contributed by atoms with Crippen LogP contribution in [-0.2, 0) is 4.79 Å². The van der Waals surface area contributed by atoms with E-state index in [4.69, 9.17) is 4.74 Å². The molecule has 2 aromatic rings. The molecule has 3 atom stereocenters. The molecule has 2 aliphatic rings. The number of anilines is 2. The van der Waals surface area contributed by atoms with Gasteiger partial charge in [-0.3, -0.25) is 9.59 Å². The first-order valence-corrected chi connectivity index (χ1v) is 13.1. The molecular weight excluding hydrogens is 452 g/mol. The molecule has 194 valence electrons. The van der Waals surface area contributed by atoms with Crippen LogP contribution in [0.4, 0.5) is 11.4 Å². The Balaban J connectivity index is 1.56. The number of methoxy groups -OCH3 is 1. The van der Waals surface area contributed by atoms with Crippen molar-refractivity contribution in [3.63, 3.8) is 0 Å². The van der Waals surface area contributed by atoms with E-state index in [1.807, 2.05) is 54.3 Å². The molecule has 1 aliphatic heterocycles. The van der Waals surface area contributed by atoms with Crippen LogP contribution in [-0.4, -0.2) is 50.1 Å². The molecule has 1 saturated carbocycles. The van der Waals surface area contributed by atoms with Crippen molar-refractivity contribution in [2.45, 2.75) is 71.6 Å². The molecule has 7 heteroatoms. The summed E-state index contributed by atoms with van der Waals surface area (Å²) in [4.78, 5) is 31.0. The maximum Gasteiger partial charge on any atom is 0.251 e. The van der Waals surface area contributed by atoms with E-state index in [1.165, 1.54) is 12.8 Å². The van der Waals surface area contributed by atoms with Crippen molar-refractivity contribution < 1.29 is 14.3 Å². The Morgan fingerprint density at radius 2 is 1.72 bits per heavy atom. The fraction of sp³-hybridized carbons (Fsp3) is 0.517. The third kappa shape index (κ3) is 5.67. The fourth-order valence-corrected chi connectivity index (χ4v) is 4.74. The van der Waals surface area contributed by atoms with E-state index in [2.05, 4.69) is 43.2 Å². The van der Waals surface area contributed by atoms with Gasteiger partial charge in [-0.1, -0.05) is 26.0 Å². The first kappa shape index (κ1) is 26.0. The van der Waals surface area contributed by atoms with Gasteiger partial charge in [0.2, 0.25) is 5.91 Å². The van der Waals surface area contributed by atoms with Crippen LogP contribution < -0.4 is 25.2 Å². The molecule has 1 fully saturated rings. The molecule has 0 saturated heterocycles. The number of nitrogens with one attached hydrogen (secondary N) is 2. The highest BCUT2D eigenvalue weighted by Crippen LogP contribution is 2.42. The highest BCUT2D eigenvalue weighted by molar-refractivity contribution is 6.03.